The third-order valence-corrected chi connectivity index (χ3v) is 1.40. The number of aliphatic hydroxyl groups excluding tert-OH is 1. The number of hydrogen-bond acceptors (Lipinski definition) is 2. The number of aliphatic hydroxyl groups is 1. The van der Waals surface area contributed by atoms with Gasteiger partial charge in [0.25, 0.3) is 5.91 Å². The predicted octanol–water partition coefficient (Wildman–Crippen LogP) is -0.541. The van der Waals surface area contributed by atoms with Crippen LogP contribution in [0.5, 0.6) is 0 Å². The molecule has 1 unspecified atom stereocenters. The summed E-state index contributed by atoms with van der Waals surface area (Å²) in [4.78, 5) is 12.1. The van der Waals surface area contributed by atoms with Crippen LogP contribution in [-0.2, 0) is 4.79 Å². The molecule has 1 saturated heterocycles. The van der Waals surface area contributed by atoms with Crippen molar-refractivity contribution in [2.45, 2.75) is 12.5 Å². The molecule has 0 aliphatic carbocycles. The van der Waals surface area contributed by atoms with E-state index in [9.17, 15) is 4.79 Å². The number of rotatable bonds is 0. The molecule has 0 saturated carbocycles. The van der Waals surface area contributed by atoms with E-state index >= 15 is 0 Å². The summed E-state index contributed by atoms with van der Waals surface area (Å²) in [5, 5.41) is 8.78. The molecular formula is C7H11NO2. The molecule has 0 aromatic rings. The van der Waals surface area contributed by atoms with E-state index in [2.05, 4.69) is 12.8 Å². The van der Waals surface area contributed by atoms with Crippen molar-refractivity contribution < 1.29 is 9.90 Å². The van der Waals surface area contributed by atoms with Gasteiger partial charge in [-0.05, 0) is 6.42 Å². The molecule has 1 amide bonds. The van der Waals surface area contributed by atoms with Crippen LogP contribution in [0.15, 0.2) is 0 Å². The Morgan fingerprint density at radius 2 is 2.20 bits per heavy atom. The van der Waals surface area contributed by atoms with Gasteiger partial charge in [0, 0.05) is 13.6 Å². The van der Waals surface area contributed by atoms with Crippen LogP contribution >= 0.6 is 0 Å². The third-order valence-electron chi connectivity index (χ3n) is 1.40. The first kappa shape index (κ1) is 8.99. The van der Waals surface area contributed by atoms with Gasteiger partial charge in [-0.2, -0.15) is 0 Å². The average molecular weight is 141 g/mol. The zero-order valence-corrected chi connectivity index (χ0v) is 5.95. The molecule has 1 rings (SSSR count). The van der Waals surface area contributed by atoms with Crippen LogP contribution in [0.3, 0.4) is 0 Å². The lowest BCUT2D eigenvalue weighted by Gasteiger charge is -2.04. The lowest BCUT2D eigenvalue weighted by atomic mass is 10.3. The second-order valence-electron chi connectivity index (χ2n) is 2.06. The van der Waals surface area contributed by atoms with Gasteiger partial charge in [-0.1, -0.05) is 0 Å². The van der Waals surface area contributed by atoms with Gasteiger partial charge in [0.2, 0.25) is 0 Å². The van der Waals surface area contributed by atoms with E-state index < -0.39 is 6.10 Å². The quantitative estimate of drug-likeness (QED) is 0.460. The van der Waals surface area contributed by atoms with Crippen LogP contribution in [0, 0.1) is 12.8 Å². The van der Waals surface area contributed by atoms with Crippen molar-refractivity contribution in [1.29, 1.82) is 0 Å². The number of likely N-dealkylation sites (tertiary alicyclic amines) is 1. The summed E-state index contributed by atoms with van der Waals surface area (Å²) in [6, 6.07) is 0. The number of nitrogens with zero attached hydrogens (tertiary/aromatic N) is 1. The number of hydrogen-bond donors (Lipinski definition) is 1. The number of amides is 1. The molecule has 56 valence electrons. The van der Waals surface area contributed by atoms with Crippen molar-refractivity contribution in [2.24, 2.45) is 0 Å². The number of terminal acetylenes is 1. The van der Waals surface area contributed by atoms with Crippen LogP contribution in [0.2, 0.25) is 0 Å². The van der Waals surface area contributed by atoms with E-state index in [1.807, 2.05) is 0 Å². The Bertz CT molecular complexity index is 130. The van der Waals surface area contributed by atoms with E-state index in [4.69, 9.17) is 5.11 Å². The van der Waals surface area contributed by atoms with Crippen molar-refractivity contribution in [3.63, 3.8) is 0 Å². The lowest BCUT2D eigenvalue weighted by molar-refractivity contribution is -0.133. The highest BCUT2D eigenvalue weighted by Crippen LogP contribution is 2.06. The fourth-order valence-corrected chi connectivity index (χ4v) is 0.804. The Balaban J connectivity index is 0.000000371. The topological polar surface area (TPSA) is 40.5 Å². The van der Waals surface area contributed by atoms with Gasteiger partial charge >= 0.3 is 0 Å². The first-order chi connectivity index (χ1) is 4.72. The molecule has 1 aliphatic rings. The van der Waals surface area contributed by atoms with Crippen LogP contribution in [0.25, 0.3) is 0 Å². The summed E-state index contributed by atoms with van der Waals surface area (Å²) in [7, 11) is 1.69. The van der Waals surface area contributed by atoms with Crippen molar-refractivity contribution in [2.75, 3.05) is 13.6 Å². The van der Waals surface area contributed by atoms with Crippen LogP contribution in [0.1, 0.15) is 6.42 Å². The van der Waals surface area contributed by atoms with Crippen LogP contribution < -0.4 is 0 Å². The summed E-state index contributed by atoms with van der Waals surface area (Å²) >= 11 is 0. The van der Waals surface area contributed by atoms with Crippen molar-refractivity contribution in [3.8, 4) is 12.8 Å². The summed E-state index contributed by atoms with van der Waals surface area (Å²) in [6.45, 7) is 0.694. The average Bonchev–Trinajstić information content (AvgIpc) is 2.25. The maximum atomic E-state index is 10.6. The highest BCUT2D eigenvalue weighted by molar-refractivity contribution is 5.82. The Kier molecular flexibility index (Phi) is 3.52. The molecule has 0 aromatic carbocycles. The molecule has 3 heteroatoms. The minimum Gasteiger partial charge on any atom is -0.383 e. The van der Waals surface area contributed by atoms with Gasteiger partial charge in [0.15, 0.2) is 0 Å². The van der Waals surface area contributed by atoms with Crippen LogP contribution in [-0.4, -0.2) is 35.6 Å². The second-order valence-corrected chi connectivity index (χ2v) is 2.06. The SMILES string of the molecule is C#C.CN1CCC(O)C1=O. The summed E-state index contributed by atoms with van der Waals surface area (Å²) in [5.41, 5.74) is 0. The number of carbonyl (C=O) groups excluding carboxylic acids is 1. The zero-order chi connectivity index (χ0) is 8.15. The molecule has 1 aliphatic heterocycles. The monoisotopic (exact) mass is 141 g/mol. The van der Waals surface area contributed by atoms with Gasteiger partial charge in [-0.3, -0.25) is 4.79 Å². The highest BCUT2D eigenvalue weighted by Gasteiger charge is 2.25. The van der Waals surface area contributed by atoms with E-state index in [1.165, 1.54) is 4.90 Å². The van der Waals surface area contributed by atoms with E-state index in [-0.39, 0.29) is 5.91 Å². The lowest BCUT2D eigenvalue weighted by Crippen LogP contribution is -2.24. The van der Waals surface area contributed by atoms with Gasteiger partial charge in [0.1, 0.15) is 6.10 Å². The minimum atomic E-state index is -0.722. The van der Waals surface area contributed by atoms with Crippen molar-refractivity contribution in [3.05, 3.63) is 0 Å². The maximum Gasteiger partial charge on any atom is 0.251 e. The molecule has 10 heavy (non-hydrogen) atoms. The summed E-state index contributed by atoms with van der Waals surface area (Å²) in [6.07, 6.45) is 7.87. The highest BCUT2D eigenvalue weighted by atomic mass is 16.3. The van der Waals surface area contributed by atoms with E-state index in [0.717, 1.165) is 0 Å². The third kappa shape index (κ3) is 1.74. The predicted molar refractivity (Wildman–Crippen MR) is 38.2 cm³/mol. The maximum absolute atomic E-state index is 10.6. The minimum absolute atomic E-state index is 0.148. The fourth-order valence-electron chi connectivity index (χ4n) is 0.804. The molecule has 1 atom stereocenters. The van der Waals surface area contributed by atoms with Gasteiger partial charge in [-0.25, -0.2) is 0 Å². The Morgan fingerprint density at radius 1 is 1.70 bits per heavy atom. The van der Waals surface area contributed by atoms with Crippen LogP contribution in [0.4, 0.5) is 0 Å². The molecule has 0 radical (unpaired) electrons. The molecule has 0 spiro atoms. The van der Waals surface area contributed by atoms with E-state index in [1.54, 1.807) is 7.05 Å². The Labute approximate surface area is 60.6 Å². The standard InChI is InChI=1S/C5H9NO2.C2H2/c1-6-3-2-4(7)5(6)8;1-2/h4,7H,2-3H2,1H3;1-2H. The summed E-state index contributed by atoms with van der Waals surface area (Å²) < 4.78 is 0. The van der Waals surface area contributed by atoms with Gasteiger partial charge in [-0.15, -0.1) is 12.8 Å². The first-order valence-corrected chi connectivity index (χ1v) is 2.98. The van der Waals surface area contributed by atoms with Crippen molar-refractivity contribution >= 4 is 5.91 Å². The molecule has 1 fully saturated rings. The van der Waals surface area contributed by atoms with Crippen molar-refractivity contribution in [1.82, 2.24) is 4.90 Å². The molecule has 1 heterocycles. The largest absolute Gasteiger partial charge is 0.383 e. The number of carbonyl (C=O) groups is 1. The molecular weight excluding hydrogens is 130 g/mol. The van der Waals surface area contributed by atoms with Gasteiger partial charge in [0.05, 0.1) is 0 Å². The summed E-state index contributed by atoms with van der Waals surface area (Å²) in [5.74, 6) is -0.148. The van der Waals surface area contributed by atoms with E-state index in [0.29, 0.717) is 13.0 Å². The fraction of sp³-hybridized carbons (Fsp3) is 0.571. The normalized spacial score (nSPS) is 23.8. The molecule has 1 N–H and O–H groups in total. The number of likely N-dealkylation sites (N-methyl/N-ethyl adjacent to an activating group) is 1. The first-order valence-electron chi connectivity index (χ1n) is 2.98. The Morgan fingerprint density at radius 3 is 2.30 bits per heavy atom. The second kappa shape index (κ2) is 3.91. The Hall–Kier alpha value is -1.01. The molecule has 0 aromatic heterocycles. The molecule has 0 bridgehead atoms. The smallest absolute Gasteiger partial charge is 0.251 e. The van der Waals surface area contributed by atoms with Gasteiger partial charge < -0.3 is 10.0 Å². The zero-order valence-electron chi connectivity index (χ0n) is 5.95. The molecule has 3 nitrogen and oxygen atoms in total.